The van der Waals surface area contributed by atoms with Gasteiger partial charge in [0.25, 0.3) is 0 Å². The predicted octanol–water partition coefficient (Wildman–Crippen LogP) is 2.08. The molecule has 0 saturated carbocycles. The largest absolute Gasteiger partial charge is 0.477 e. The summed E-state index contributed by atoms with van der Waals surface area (Å²) in [4.78, 5) is 14.9. The molecular weight excluding hydrogens is 223 g/mol. The lowest BCUT2D eigenvalue weighted by atomic mass is 10.2. The molecule has 1 N–H and O–H groups in total. The van der Waals surface area contributed by atoms with Crippen LogP contribution in [-0.2, 0) is 6.54 Å². The van der Waals surface area contributed by atoms with Crippen LogP contribution in [0.15, 0.2) is 30.6 Å². The Labute approximate surface area is 97.3 Å². The molecule has 0 bridgehead atoms. The topological polar surface area (TPSA) is 55.1 Å². The third-order valence-corrected chi connectivity index (χ3v) is 2.52. The van der Waals surface area contributed by atoms with Gasteiger partial charge in [0.05, 0.1) is 18.6 Å². The molecule has 0 spiro atoms. The van der Waals surface area contributed by atoms with Crippen LogP contribution in [-0.4, -0.2) is 20.6 Å². The van der Waals surface area contributed by atoms with Crippen LogP contribution in [0.3, 0.4) is 0 Å². The van der Waals surface area contributed by atoms with Crippen molar-refractivity contribution < 1.29 is 14.3 Å². The molecule has 2 aromatic rings. The Morgan fingerprint density at radius 2 is 2.18 bits per heavy atom. The zero-order chi connectivity index (χ0) is 12.4. The molecule has 17 heavy (non-hydrogen) atoms. The van der Waals surface area contributed by atoms with Crippen LogP contribution < -0.4 is 0 Å². The van der Waals surface area contributed by atoms with E-state index in [1.54, 1.807) is 25.1 Å². The van der Waals surface area contributed by atoms with E-state index in [2.05, 4.69) is 4.98 Å². The van der Waals surface area contributed by atoms with E-state index >= 15 is 0 Å². The fraction of sp³-hybridized carbons (Fsp3) is 0.167. The first kappa shape index (κ1) is 11.3. The summed E-state index contributed by atoms with van der Waals surface area (Å²) >= 11 is 0. The first-order valence-electron chi connectivity index (χ1n) is 5.08. The van der Waals surface area contributed by atoms with Crippen LogP contribution >= 0.6 is 0 Å². The van der Waals surface area contributed by atoms with Crippen molar-refractivity contribution in [3.63, 3.8) is 0 Å². The minimum absolute atomic E-state index is 0.0910. The molecule has 0 aliphatic heterocycles. The van der Waals surface area contributed by atoms with Gasteiger partial charge in [-0.05, 0) is 13.0 Å². The van der Waals surface area contributed by atoms with Gasteiger partial charge in [-0.2, -0.15) is 0 Å². The molecule has 0 saturated heterocycles. The lowest BCUT2D eigenvalue weighted by molar-refractivity contribution is 0.0684. The lowest BCUT2D eigenvalue weighted by Crippen LogP contribution is -2.10. The van der Waals surface area contributed by atoms with Crippen molar-refractivity contribution in [3.8, 4) is 0 Å². The number of hydrogen-bond acceptors (Lipinski definition) is 2. The van der Waals surface area contributed by atoms with Gasteiger partial charge >= 0.3 is 5.97 Å². The van der Waals surface area contributed by atoms with Gasteiger partial charge in [0, 0.05) is 5.56 Å². The number of imidazole rings is 1. The SMILES string of the molecule is Cc1ncn(Cc2ccccc2F)c1C(=O)O. The van der Waals surface area contributed by atoms with E-state index in [1.165, 1.54) is 17.0 Å². The van der Waals surface area contributed by atoms with Gasteiger partial charge in [-0.3, -0.25) is 0 Å². The summed E-state index contributed by atoms with van der Waals surface area (Å²) in [5.74, 6) is -1.41. The fourth-order valence-electron chi connectivity index (χ4n) is 1.69. The number of benzene rings is 1. The predicted molar refractivity (Wildman–Crippen MR) is 59.4 cm³/mol. The molecule has 0 amide bonds. The maximum Gasteiger partial charge on any atom is 0.354 e. The third-order valence-electron chi connectivity index (χ3n) is 2.52. The molecule has 1 heterocycles. The number of rotatable bonds is 3. The molecule has 88 valence electrons. The maximum absolute atomic E-state index is 13.4. The minimum Gasteiger partial charge on any atom is -0.477 e. The normalized spacial score (nSPS) is 10.5. The fourth-order valence-corrected chi connectivity index (χ4v) is 1.69. The monoisotopic (exact) mass is 234 g/mol. The number of carboxylic acid groups (broad SMARTS) is 1. The second-order valence-corrected chi connectivity index (χ2v) is 3.70. The Bertz CT molecular complexity index is 563. The van der Waals surface area contributed by atoms with E-state index in [-0.39, 0.29) is 18.1 Å². The molecule has 4 nitrogen and oxygen atoms in total. The molecule has 0 aliphatic carbocycles. The second kappa shape index (κ2) is 4.37. The van der Waals surface area contributed by atoms with E-state index in [4.69, 9.17) is 5.11 Å². The van der Waals surface area contributed by atoms with Gasteiger partial charge in [0.1, 0.15) is 11.5 Å². The summed E-state index contributed by atoms with van der Waals surface area (Å²) in [5.41, 5.74) is 0.953. The molecule has 0 fully saturated rings. The molecule has 0 unspecified atom stereocenters. The van der Waals surface area contributed by atoms with E-state index in [0.29, 0.717) is 11.3 Å². The highest BCUT2D eigenvalue weighted by Crippen LogP contribution is 2.12. The van der Waals surface area contributed by atoms with Crippen LogP contribution in [0.1, 0.15) is 21.7 Å². The summed E-state index contributed by atoms with van der Waals surface area (Å²) in [6, 6.07) is 6.27. The zero-order valence-electron chi connectivity index (χ0n) is 9.22. The standard InChI is InChI=1S/C12H11FN2O2/c1-8-11(12(16)17)15(7-14-8)6-9-4-2-3-5-10(9)13/h2-5,7H,6H2,1H3,(H,16,17). The van der Waals surface area contributed by atoms with Gasteiger partial charge in [-0.1, -0.05) is 18.2 Å². The van der Waals surface area contributed by atoms with Crippen LogP contribution in [0.2, 0.25) is 0 Å². The minimum atomic E-state index is -1.06. The summed E-state index contributed by atoms with van der Waals surface area (Å²) in [6.45, 7) is 1.77. The highest BCUT2D eigenvalue weighted by Gasteiger charge is 2.15. The summed E-state index contributed by atoms with van der Waals surface area (Å²) in [7, 11) is 0. The number of halogens is 1. The zero-order valence-corrected chi connectivity index (χ0v) is 9.22. The van der Waals surface area contributed by atoms with E-state index in [9.17, 15) is 9.18 Å². The van der Waals surface area contributed by atoms with Crippen LogP contribution in [0.4, 0.5) is 4.39 Å². The van der Waals surface area contributed by atoms with E-state index in [0.717, 1.165) is 0 Å². The van der Waals surface area contributed by atoms with Gasteiger partial charge in [-0.25, -0.2) is 14.2 Å². The van der Waals surface area contributed by atoms with Crippen molar-refractivity contribution >= 4 is 5.97 Å². The molecule has 0 radical (unpaired) electrons. The van der Waals surface area contributed by atoms with Gasteiger partial charge in [0.15, 0.2) is 0 Å². The van der Waals surface area contributed by atoms with E-state index < -0.39 is 5.97 Å². The Hall–Kier alpha value is -2.17. The molecule has 1 aromatic carbocycles. The summed E-state index contributed by atoms with van der Waals surface area (Å²) in [5, 5.41) is 9.03. The molecule has 0 aliphatic rings. The van der Waals surface area contributed by atoms with Crippen molar-refractivity contribution in [1.82, 2.24) is 9.55 Å². The summed E-state index contributed by atoms with van der Waals surface area (Å²) < 4.78 is 14.9. The smallest absolute Gasteiger partial charge is 0.354 e. The first-order valence-corrected chi connectivity index (χ1v) is 5.08. The average Bonchev–Trinajstić information content (AvgIpc) is 2.63. The van der Waals surface area contributed by atoms with Gasteiger partial charge in [0.2, 0.25) is 0 Å². The molecule has 0 atom stereocenters. The average molecular weight is 234 g/mol. The van der Waals surface area contributed by atoms with Crippen molar-refractivity contribution in [2.24, 2.45) is 0 Å². The molecular formula is C12H11FN2O2. The van der Waals surface area contributed by atoms with E-state index in [1.807, 2.05) is 0 Å². The Morgan fingerprint density at radius 1 is 1.47 bits per heavy atom. The number of carboxylic acids is 1. The Kier molecular flexibility index (Phi) is 2.91. The van der Waals surface area contributed by atoms with Crippen LogP contribution in [0.5, 0.6) is 0 Å². The van der Waals surface area contributed by atoms with Gasteiger partial charge in [-0.15, -0.1) is 0 Å². The third kappa shape index (κ3) is 2.18. The highest BCUT2D eigenvalue weighted by atomic mass is 19.1. The van der Waals surface area contributed by atoms with Crippen LogP contribution in [0.25, 0.3) is 0 Å². The number of nitrogens with zero attached hydrogens (tertiary/aromatic N) is 2. The molecule has 2 rings (SSSR count). The van der Waals surface area contributed by atoms with Crippen molar-refractivity contribution in [2.45, 2.75) is 13.5 Å². The molecule has 1 aromatic heterocycles. The van der Waals surface area contributed by atoms with Gasteiger partial charge < -0.3 is 9.67 Å². The number of hydrogen-bond donors (Lipinski definition) is 1. The van der Waals surface area contributed by atoms with Crippen molar-refractivity contribution in [3.05, 3.63) is 53.4 Å². The van der Waals surface area contributed by atoms with Crippen molar-refractivity contribution in [1.29, 1.82) is 0 Å². The maximum atomic E-state index is 13.4. The Morgan fingerprint density at radius 3 is 2.82 bits per heavy atom. The molecule has 5 heteroatoms. The number of carbonyl (C=O) groups is 1. The Balaban J connectivity index is 2.37. The highest BCUT2D eigenvalue weighted by molar-refractivity contribution is 5.86. The van der Waals surface area contributed by atoms with Crippen LogP contribution in [0, 0.1) is 12.7 Å². The first-order chi connectivity index (χ1) is 8.09. The number of aromatic nitrogens is 2. The second-order valence-electron chi connectivity index (χ2n) is 3.70. The van der Waals surface area contributed by atoms with Crippen molar-refractivity contribution in [2.75, 3.05) is 0 Å². The number of aromatic carboxylic acids is 1. The quantitative estimate of drug-likeness (QED) is 0.884. The summed E-state index contributed by atoms with van der Waals surface area (Å²) in [6.07, 6.45) is 1.41. The lowest BCUT2D eigenvalue weighted by Gasteiger charge is -2.06. The number of aryl methyl sites for hydroxylation is 1.